The van der Waals surface area contributed by atoms with Gasteiger partial charge in [-0.15, -0.1) is 0 Å². The Hall–Kier alpha value is -1.02. The molecule has 7 heteroatoms. The van der Waals surface area contributed by atoms with E-state index in [-0.39, 0.29) is 15.9 Å². The van der Waals surface area contributed by atoms with E-state index >= 15 is 0 Å². The molecule has 5 nitrogen and oxygen atoms in total. The van der Waals surface area contributed by atoms with E-state index < -0.39 is 10.0 Å². The van der Waals surface area contributed by atoms with Crippen molar-refractivity contribution >= 4 is 27.2 Å². The van der Waals surface area contributed by atoms with E-state index in [1.807, 2.05) is 0 Å². The first kappa shape index (κ1) is 15.4. The minimum absolute atomic E-state index is 0.102. The molecule has 0 aliphatic heterocycles. The molecule has 0 saturated heterocycles. The third-order valence-corrected chi connectivity index (χ3v) is 5.42. The second-order valence-electron chi connectivity index (χ2n) is 4.73. The van der Waals surface area contributed by atoms with Crippen LogP contribution in [0.5, 0.6) is 0 Å². The molecule has 0 bridgehead atoms. The summed E-state index contributed by atoms with van der Waals surface area (Å²) in [5.41, 5.74) is 6.17. The summed E-state index contributed by atoms with van der Waals surface area (Å²) in [4.78, 5) is 0.521. The molecule has 0 unspecified atom stereocenters. The van der Waals surface area contributed by atoms with Crippen LogP contribution in [0.25, 0.3) is 0 Å². The number of benzene rings is 1. The van der Waals surface area contributed by atoms with E-state index in [1.165, 1.54) is 4.31 Å². The van der Waals surface area contributed by atoms with Crippen molar-refractivity contribution in [3.63, 3.8) is 0 Å². The summed E-state index contributed by atoms with van der Waals surface area (Å²) < 4.78 is 31.7. The van der Waals surface area contributed by atoms with Gasteiger partial charge in [0.05, 0.1) is 11.5 Å². The van der Waals surface area contributed by atoms with Crippen molar-refractivity contribution in [2.75, 3.05) is 20.3 Å². The van der Waals surface area contributed by atoms with E-state index in [0.717, 1.165) is 12.8 Å². The number of sulfonamides is 1. The average molecular weight is 314 g/mol. The van der Waals surface area contributed by atoms with Crippen molar-refractivity contribution in [1.29, 1.82) is 0 Å². The molecular formula is C13H18N2O3S2. The lowest BCUT2D eigenvalue weighted by molar-refractivity contribution is 0.177. The van der Waals surface area contributed by atoms with Crippen LogP contribution in [0.3, 0.4) is 0 Å². The van der Waals surface area contributed by atoms with E-state index in [4.69, 9.17) is 22.7 Å². The first-order valence-electron chi connectivity index (χ1n) is 6.37. The number of nitrogens with two attached hydrogens (primary N) is 1. The third kappa shape index (κ3) is 3.35. The highest BCUT2D eigenvalue weighted by Crippen LogP contribution is 2.31. The first-order chi connectivity index (χ1) is 9.46. The summed E-state index contributed by atoms with van der Waals surface area (Å²) in [6.45, 7) is 0.765. The van der Waals surface area contributed by atoms with Crippen LogP contribution in [0.15, 0.2) is 29.2 Å². The predicted molar refractivity (Wildman–Crippen MR) is 81.1 cm³/mol. The molecule has 1 saturated carbocycles. The highest BCUT2D eigenvalue weighted by atomic mass is 32.2. The zero-order chi connectivity index (χ0) is 14.8. The molecule has 1 fully saturated rings. The Morgan fingerprint density at radius 3 is 2.45 bits per heavy atom. The lowest BCUT2D eigenvalue weighted by Crippen LogP contribution is -2.35. The van der Waals surface area contributed by atoms with Gasteiger partial charge in [-0.25, -0.2) is 8.42 Å². The van der Waals surface area contributed by atoms with Crippen LogP contribution in [0, 0.1) is 0 Å². The number of methoxy groups -OCH3 is 1. The summed E-state index contributed by atoms with van der Waals surface area (Å²) in [5.74, 6) is 0. The van der Waals surface area contributed by atoms with Crippen molar-refractivity contribution in [3.8, 4) is 0 Å². The molecule has 2 rings (SSSR count). The molecule has 1 aliphatic rings. The Bertz CT molecular complexity index is 580. The topological polar surface area (TPSA) is 72.6 Å². The molecule has 110 valence electrons. The molecule has 0 radical (unpaired) electrons. The number of thiocarbonyl (C=S) groups is 1. The van der Waals surface area contributed by atoms with E-state index in [2.05, 4.69) is 0 Å². The van der Waals surface area contributed by atoms with Gasteiger partial charge in [0.15, 0.2) is 0 Å². The molecule has 0 spiro atoms. The number of ether oxygens (including phenoxy) is 1. The SMILES string of the molecule is COCCN(C1CC1)S(=O)(=O)c1ccc(C(N)=S)cc1. The van der Waals surface area contributed by atoms with Crippen molar-refractivity contribution in [2.24, 2.45) is 5.73 Å². The maximum Gasteiger partial charge on any atom is 0.243 e. The Balaban J connectivity index is 2.25. The summed E-state index contributed by atoms with van der Waals surface area (Å²) in [6.07, 6.45) is 1.82. The van der Waals surface area contributed by atoms with Gasteiger partial charge in [-0.1, -0.05) is 24.4 Å². The quantitative estimate of drug-likeness (QED) is 0.764. The van der Waals surface area contributed by atoms with Crippen LogP contribution in [-0.4, -0.2) is 44.0 Å². The lowest BCUT2D eigenvalue weighted by atomic mass is 10.2. The fourth-order valence-electron chi connectivity index (χ4n) is 1.97. The monoisotopic (exact) mass is 314 g/mol. The average Bonchev–Trinajstić information content (AvgIpc) is 3.23. The van der Waals surface area contributed by atoms with Gasteiger partial charge in [-0.05, 0) is 25.0 Å². The van der Waals surface area contributed by atoms with E-state index in [9.17, 15) is 8.42 Å². The number of nitrogens with zero attached hydrogens (tertiary/aromatic N) is 1. The highest BCUT2D eigenvalue weighted by Gasteiger charge is 2.37. The van der Waals surface area contributed by atoms with E-state index in [0.29, 0.717) is 18.7 Å². The molecule has 0 atom stereocenters. The Morgan fingerprint density at radius 1 is 1.40 bits per heavy atom. The zero-order valence-electron chi connectivity index (χ0n) is 11.3. The van der Waals surface area contributed by atoms with Crippen LogP contribution in [0.1, 0.15) is 18.4 Å². The van der Waals surface area contributed by atoms with Crippen molar-refractivity contribution < 1.29 is 13.2 Å². The zero-order valence-corrected chi connectivity index (χ0v) is 12.9. The minimum Gasteiger partial charge on any atom is -0.389 e. The maximum atomic E-state index is 12.6. The lowest BCUT2D eigenvalue weighted by Gasteiger charge is -2.21. The van der Waals surface area contributed by atoms with Gasteiger partial charge in [0.1, 0.15) is 4.99 Å². The standard InChI is InChI=1S/C13H18N2O3S2/c1-18-9-8-15(11-4-5-11)20(16,17)12-6-2-10(3-7-12)13(14)19/h2-3,6-7,11H,4-5,8-9H2,1H3,(H2,14,19). The maximum absolute atomic E-state index is 12.6. The largest absolute Gasteiger partial charge is 0.389 e. The summed E-state index contributed by atoms with van der Waals surface area (Å²) in [5, 5.41) is 0. The molecule has 20 heavy (non-hydrogen) atoms. The molecule has 0 aromatic heterocycles. The minimum atomic E-state index is -3.48. The second kappa shape index (κ2) is 6.17. The normalized spacial score (nSPS) is 15.5. The van der Waals surface area contributed by atoms with Gasteiger partial charge in [-0.3, -0.25) is 0 Å². The molecule has 1 aromatic carbocycles. The van der Waals surface area contributed by atoms with Gasteiger partial charge in [0.2, 0.25) is 10.0 Å². The van der Waals surface area contributed by atoms with Crippen molar-refractivity contribution in [2.45, 2.75) is 23.8 Å². The van der Waals surface area contributed by atoms with Crippen LogP contribution in [0.4, 0.5) is 0 Å². The second-order valence-corrected chi connectivity index (χ2v) is 7.06. The number of hydrogen-bond donors (Lipinski definition) is 1. The van der Waals surface area contributed by atoms with Crippen molar-refractivity contribution in [3.05, 3.63) is 29.8 Å². The smallest absolute Gasteiger partial charge is 0.243 e. The van der Waals surface area contributed by atoms with Gasteiger partial charge in [-0.2, -0.15) is 4.31 Å². The van der Waals surface area contributed by atoms with Gasteiger partial charge >= 0.3 is 0 Å². The van der Waals surface area contributed by atoms with Crippen molar-refractivity contribution in [1.82, 2.24) is 4.31 Å². The third-order valence-electron chi connectivity index (χ3n) is 3.22. The van der Waals surface area contributed by atoms with Gasteiger partial charge in [0, 0.05) is 25.3 Å². The highest BCUT2D eigenvalue weighted by molar-refractivity contribution is 7.89. The summed E-state index contributed by atoms with van der Waals surface area (Å²) >= 11 is 4.86. The van der Waals surface area contributed by atoms with Crippen LogP contribution >= 0.6 is 12.2 Å². The number of hydrogen-bond acceptors (Lipinski definition) is 4. The van der Waals surface area contributed by atoms with Crippen LogP contribution < -0.4 is 5.73 Å². The fraction of sp³-hybridized carbons (Fsp3) is 0.462. The summed E-state index contributed by atoms with van der Waals surface area (Å²) in [6, 6.07) is 6.47. The molecule has 1 aliphatic carbocycles. The Morgan fingerprint density at radius 2 is 2.00 bits per heavy atom. The predicted octanol–water partition coefficient (Wildman–Crippen LogP) is 1.12. The molecule has 1 aromatic rings. The Kier molecular flexibility index (Phi) is 4.74. The number of rotatable bonds is 7. The van der Waals surface area contributed by atoms with Crippen LogP contribution in [0.2, 0.25) is 0 Å². The molecule has 0 amide bonds. The Labute approximate surface area is 124 Å². The molecule has 2 N–H and O–H groups in total. The first-order valence-corrected chi connectivity index (χ1v) is 8.22. The van der Waals surface area contributed by atoms with E-state index in [1.54, 1.807) is 31.4 Å². The fourth-order valence-corrected chi connectivity index (χ4v) is 3.77. The van der Waals surface area contributed by atoms with Crippen LogP contribution in [-0.2, 0) is 14.8 Å². The van der Waals surface area contributed by atoms with Gasteiger partial charge in [0.25, 0.3) is 0 Å². The summed E-state index contributed by atoms with van der Waals surface area (Å²) in [7, 11) is -1.92. The molecular weight excluding hydrogens is 296 g/mol. The molecule has 0 heterocycles. The van der Waals surface area contributed by atoms with Gasteiger partial charge < -0.3 is 10.5 Å².